The number of rotatable bonds is 4. The van der Waals surface area contributed by atoms with Crippen molar-refractivity contribution in [1.82, 2.24) is 0 Å². The van der Waals surface area contributed by atoms with Gasteiger partial charge in [-0.25, -0.2) is 0 Å². The number of allylic oxidation sites excluding steroid dienone is 1. The molecule has 10 heavy (non-hydrogen) atoms. The predicted molar refractivity (Wildman–Crippen MR) is 50.9 cm³/mol. The van der Waals surface area contributed by atoms with Crippen LogP contribution in [0.15, 0.2) is 16.5 Å². The molecule has 58 valence electrons. The summed E-state index contributed by atoms with van der Waals surface area (Å²) in [4.78, 5) is 5.42. The minimum Gasteiger partial charge on any atom is -0.294 e. The van der Waals surface area contributed by atoms with Gasteiger partial charge in [-0.15, -0.1) is 11.8 Å². The van der Waals surface area contributed by atoms with Crippen LogP contribution in [-0.4, -0.2) is 18.0 Å². The maximum Gasteiger partial charge on any atom is 0.0482 e. The second kappa shape index (κ2) is 5.54. The largest absolute Gasteiger partial charge is 0.294 e. The summed E-state index contributed by atoms with van der Waals surface area (Å²) in [5.41, 5.74) is 1.15. The van der Waals surface area contributed by atoms with Crippen LogP contribution in [0.25, 0.3) is 0 Å². The first-order valence-electron chi connectivity index (χ1n) is 3.39. The smallest absolute Gasteiger partial charge is 0.0482 e. The third-order valence-electron chi connectivity index (χ3n) is 0.868. The van der Waals surface area contributed by atoms with E-state index in [1.807, 2.05) is 20.8 Å². The van der Waals surface area contributed by atoms with Gasteiger partial charge in [0.25, 0.3) is 0 Å². The van der Waals surface area contributed by atoms with Gasteiger partial charge in [0.15, 0.2) is 0 Å². The summed E-state index contributed by atoms with van der Waals surface area (Å²) in [6.07, 6.45) is 0. The Hall–Kier alpha value is -0.240. The van der Waals surface area contributed by atoms with E-state index in [-0.39, 0.29) is 0 Å². The van der Waals surface area contributed by atoms with Gasteiger partial charge >= 0.3 is 0 Å². The van der Waals surface area contributed by atoms with E-state index in [0.717, 1.165) is 18.0 Å². The average molecular weight is 157 g/mol. The Balaban J connectivity index is 3.21. The van der Waals surface area contributed by atoms with Crippen molar-refractivity contribution in [3.63, 3.8) is 0 Å². The third kappa shape index (κ3) is 7.76. The second-order valence-corrected chi connectivity index (χ2v) is 3.77. The van der Waals surface area contributed by atoms with Crippen molar-refractivity contribution in [2.24, 2.45) is 4.99 Å². The molecule has 0 aromatic heterocycles. The summed E-state index contributed by atoms with van der Waals surface area (Å²) in [6.45, 7) is 10.8. The minimum absolute atomic E-state index is 0.917. The minimum atomic E-state index is 0.917. The molecule has 2 heteroatoms. The third-order valence-corrected chi connectivity index (χ3v) is 1.75. The van der Waals surface area contributed by atoms with Crippen molar-refractivity contribution in [3.05, 3.63) is 11.5 Å². The molecule has 0 heterocycles. The lowest BCUT2D eigenvalue weighted by atomic mass is 10.5. The van der Waals surface area contributed by atoms with Crippen molar-refractivity contribution in [1.29, 1.82) is 0 Å². The number of hydrogen-bond donors (Lipinski definition) is 0. The number of thioether (sulfide) groups is 1. The molecule has 0 unspecified atom stereocenters. The Morgan fingerprint density at radius 2 is 2.00 bits per heavy atom. The SMILES string of the molecule is C=C(C)SCCN=C(C)C. The number of aliphatic imine (C=N–C) groups is 1. The lowest BCUT2D eigenvalue weighted by Gasteiger charge is -1.95. The molecule has 0 atom stereocenters. The van der Waals surface area contributed by atoms with Gasteiger partial charge in [0.2, 0.25) is 0 Å². The average Bonchev–Trinajstić information content (AvgIpc) is 1.79. The normalized spacial score (nSPS) is 9.10. The van der Waals surface area contributed by atoms with Gasteiger partial charge in [0.1, 0.15) is 0 Å². The van der Waals surface area contributed by atoms with Crippen LogP contribution < -0.4 is 0 Å². The lowest BCUT2D eigenvalue weighted by Crippen LogP contribution is -1.89. The molecule has 0 spiro atoms. The molecule has 0 amide bonds. The fourth-order valence-corrected chi connectivity index (χ4v) is 1.02. The van der Waals surface area contributed by atoms with E-state index >= 15 is 0 Å². The first-order valence-corrected chi connectivity index (χ1v) is 4.37. The standard InChI is InChI=1S/C8H15NS/c1-7(2)9-5-6-10-8(3)4/h3,5-6H2,1-2,4H3. The van der Waals surface area contributed by atoms with Crippen molar-refractivity contribution < 1.29 is 0 Å². The van der Waals surface area contributed by atoms with Crippen molar-refractivity contribution in [2.75, 3.05) is 12.3 Å². The summed E-state index contributed by atoms with van der Waals surface area (Å²) in [5, 5.41) is 0. The number of nitrogens with zero attached hydrogens (tertiary/aromatic N) is 1. The lowest BCUT2D eigenvalue weighted by molar-refractivity contribution is 1.14. The van der Waals surface area contributed by atoms with E-state index in [1.165, 1.54) is 4.91 Å². The van der Waals surface area contributed by atoms with Gasteiger partial charge in [-0.3, -0.25) is 4.99 Å². The Morgan fingerprint density at radius 3 is 2.40 bits per heavy atom. The Kier molecular flexibility index (Phi) is 5.40. The molecule has 0 saturated carbocycles. The van der Waals surface area contributed by atoms with Crippen molar-refractivity contribution in [2.45, 2.75) is 20.8 Å². The second-order valence-electron chi connectivity index (χ2n) is 2.38. The Labute approximate surface area is 67.6 Å². The van der Waals surface area contributed by atoms with Gasteiger partial charge in [-0.05, 0) is 25.7 Å². The quantitative estimate of drug-likeness (QED) is 0.451. The zero-order valence-corrected chi connectivity index (χ0v) is 7.79. The van der Waals surface area contributed by atoms with Crippen molar-refractivity contribution in [3.8, 4) is 0 Å². The molecule has 0 aliphatic carbocycles. The van der Waals surface area contributed by atoms with E-state index in [9.17, 15) is 0 Å². The van der Waals surface area contributed by atoms with E-state index in [2.05, 4.69) is 11.6 Å². The fourth-order valence-electron chi connectivity index (χ4n) is 0.489. The fraction of sp³-hybridized carbons (Fsp3) is 0.625. The van der Waals surface area contributed by atoms with Crippen LogP contribution in [0.1, 0.15) is 20.8 Å². The van der Waals surface area contributed by atoms with Crippen LogP contribution in [-0.2, 0) is 0 Å². The molecule has 0 aromatic carbocycles. The van der Waals surface area contributed by atoms with Gasteiger partial charge < -0.3 is 0 Å². The molecule has 0 saturated heterocycles. The monoisotopic (exact) mass is 157 g/mol. The van der Waals surface area contributed by atoms with Crippen LogP contribution >= 0.6 is 11.8 Å². The van der Waals surface area contributed by atoms with Crippen LogP contribution in [0, 0.1) is 0 Å². The molecule has 1 nitrogen and oxygen atoms in total. The number of hydrogen-bond acceptors (Lipinski definition) is 2. The summed E-state index contributed by atoms with van der Waals surface area (Å²) >= 11 is 1.77. The van der Waals surface area contributed by atoms with Gasteiger partial charge in [0.05, 0.1) is 0 Å². The molecule has 0 rings (SSSR count). The predicted octanol–water partition coefficient (Wildman–Crippen LogP) is 2.73. The summed E-state index contributed by atoms with van der Waals surface area (Å²) in [7, 11) is 0. The zero-order chi connectivity index (χ0) is 7.98. The Morgan fingerprint density at radius 1 is 1.40 bits per heavy atom. The van der Waals surface area contributed by atoms with Crippen LogP contribution in [0.5, 0.6) is 0 Å². The molecule has 0 aliphatic heterocycles. The van der Waals surface area contributed by atoms with E-state index in [4.69, 9.17) is 0 Å². The van der Waals surface area contributed by atoms with Gasteiger partial charge in [0, 0.05) is 18.0 Å². The van der Waals surface area contributed by atoms with Crippen LogP contribution in [0.4, 0.5) is 0 Å². The van der Waals surface area contributed by atoms with E-state index in [0.29, 0.717) is 0 Å². The van der Waals surface area contributed by atoms with Gasteiger partial charge in [-0.1, -0.05) is 6.58 Å². The summed E-state index contributed by atoms with van der Waals surface area (Å²) in [6, 6.07) is 0. The zero-order valence-electron chi connectivity index (χ0n) is 6.98. The molecule has 0 aliphatic rings. The van der Waals surface area contributed by atoms with E-state index < -0.39 is 0 Å². The summed E-state index contributed by atoms with van der Waals surface area (Å²) < 4.78 is 0. The molecule has 0 radical (unpaired) electrons. The highest BCUT2D eigenvalue weighted by atomic mass is 32.2. The molecular weight excluding hydrogens is 142 g/mol. The maximum absolute atomic E-state index is 4.25. The Bertz CT molecular complexity index is 134. The highest BCUT2D eigenvalue weighted by Crippen LogP contribution is 2.10. The van der Waals surface area contributed by atoms with Gasteiger partial charge in [-0.2, -0.15) is 0 Å². The van der Waals surface area contributed by atoms with E-state index in [1.54, 1.807) is 11.8 Å². The first kappa shape index (κ1) is 9.76. The molecule has 0 bridgehead atoms. The maximum atomic E-state index is 4.25. The molecule has 0 fully saturated rings. The van der Waals surface area contributed by atoms with Crippen LogP contribution in [0.2, 0.25) is 0 Å². The van der Waals surface area contributed by atoms with Crippen molar-refractivity contribution >= 4 is 17.5 Å². The summed E-state index contributed by atoms with van der Waals surface area (Å²) in [5.74, 6) is 1.06. The molecular formula is C8H15NS. The molecule has 0 N–H and O–H groups in total. The van der Waals surface area contributed by atoms with Crippen LogP contribution in [0.3, 0.4) is 0 Å². The topological polar surface area (TPSA) is 12.4 Å². The first-order chi connectivity index (χ1) is 4.63. The highest BCUT2D eigenvalue weighted by molar-refractivity contribution is 8.03. The molecule has 0 aromatic rings. The highest BCUT2D eigenvalue weighted by Gasteiger charge is 1.85.